The number of benzene rings is 1. The maximum atomic E-state index is 14.0. The van der Waals surface area contributed by atoms with Crippen molar-refractivity contribution >= 4 is 34.7 Å². The molecule has 1 spiro atoms. The first-order valence-corrected chi connectivity index (χ1v) is 9.84. The largest absolute Gasteiger partial charge is 0.384 e. The van der Waals surface area contributed by atoms with Gasteiger partial charge in [-0.2, -0.15) is 0 Å². The Hall–Kier alpha value is -3.06. The number of pyridine rings is 1. The number of hydrogen-bond acceptors (Lipinski definition) is 4. The number of aromatic amines is 1. The Labute approximate surface area is 171 Å². The van der Waals surface area contributed by atoms with Crippen molar-refractivity contribution in [1.29, 1.82) is 0 Å². The summed E-state index contributed by atoms with van der Waals surface area (Å²) in [5.41, 5.74) is 9.47. The van der Waals surface area contributed by atoms with Gasteiger partial charge in [-0.1, -0.05) is 17.7 Å². The quantitative estimate of drug-likeness (QED) is 0.513. The molecule has 0 saturated heterocycles. The van der Waals surface area contributed by atoms with E-state index in [9.17, 15) is 9.18 Å². The van der Waals surface area contributed by atoms with E-state index in [1.807, 2.05) is 6.07 Å². The first-order chi connectivity index (χ1) is 14.0. The fourth-order valence-corrected chi connectivity index (χ4v) is 4.38. The third-order valence-corrected chi connectivity index (χ3v) is 6.17. The number of nitrogens with two attached hydrogens (primary N) is 1. The molecule has 1 saturated carbocycles. The van der Waals surface area contributed by atoms with E-state index in [-0.39, 0.29) is 16.5 Å². The lowest BCUT2D eigenvalue weighted by molar-refractivity contribution is 0.0795. The third-order valence-electron chi connectivity index (χ3n) is 5.79. The topological polar surface area (TPSA) is 95.8 Å². The maximum absolute atomic E-state index is 14.0. The first kappa shape index (κ1) is 18.0. The Bertz CT molecular complexity index is 1140. The molecule has 0 bridgehead atoms. The maximum Gasteiger partial charge on any atom is 0.255 e. The number of halogens is 2. The summed E-state index contributed by atoms with van der Waals surface area (Å²) in [6, 6.07) is 8.06. The van der Waals surface area contributed by atoms with Crippen molar-refractivity contribution in [3.63, 3.8) is 0 Å². The molecule has 2 aliphatic rings. The number of amides is 1. The van der Waals surface area contributed by atoms with E-state index < -0.39 is 5.82 Å². The van der Waals surface area contributed by atoms with E-state index in [0.29, 0.717) is 28.5 Å². The van der Waals surface area contributed by atoms with E-state index >= 15 is 0 Å². The van der Waals surface area contributed by atoms with Gasteiger partial charge in [0.15, 0.2) is 0 Å². The van der Waals surface area contributed by atoms with Crippen LogP contribution in [0.4, 0.5) is 21.6 Å². The molecule has 3 heterocycles. The molecule has 2 aromatic heterocycles. The number of carbonyl (C=O) groups is 1. The van der Waals surface area contributed by atoms with Gasteiger partial charge >= 0.3 is 0 Å². The summed E-state index contributed by atoms with van der Waals surface area (Å²) in [5.74, 6) is -0.316. The van der Waals surface area contributed by atoms with Crippen LogP contribution in [0.3, 0.4) is 0 Å². The van der Waals surface area contributed by atoms with Crippen LogP contribution >= 0.6 is 11.6 Å². The summed E-state index contributed by atoms with van der Waals surface area (Å²) in [6.07, 6.45) is 5.37. The number of nitrogens with zero attached hydrogens (tertiary/aromatic N) is 1. The van der Waals surface area contributed by atoms with Gasteiger partial charge in [0, 0.05) is 29.4 Å². The molecule has 3 aromatic rings. The average molecular weight is 412 g/mol. The van der Waals surface area contributed by atoms with Gasteiger partial charge in [-0.25, -0.2) is 9.37 Å². The zero-order chi connectivity index (χ0) is 20.2. The van der Waals surface area contributed by atoms with E-state index in [4.69, 9.17) is 17.3 Å². The average Bonchev–Trinajstić information content (AvgIpc) is 3.03. The van der Waals surface area contributed by atoms with Crippen LogP contribution in [0.2, 0.25) is 5.02 Å². The molecule has 8 heteroatoms. The SMILES string of the molecule is Nc1cc(-c2[nH]c3c(c2Nc2cccc(F)c2Cl)C(=O)NC2(CCC2)C3)ccn1. The van der Waals surface area contributed by atoms with Gasteiger partial charge in [-0.3, -0.25) is 4.79 Å². The standard InChI is InChI=1S/C21H19ClFN5O/c22-17-12(23)3-1-4-13(17)26-19-16-14(10-21(6-2-7-21)28-20(16)29)27-18(19)11-5-8-25-15(24)9-11/h1,3-5,8-9,26-27H,2,6-7,10H2,(H2,24,25)(H,28,29). The normalized spacial score (nSPS) is 16.8. The molecule has 0 atom stereocenters. The molecule has 6 nitrogen and oxygen atoms in total. The van der Waals surface area contributed by atoms with Crippen LogP contribution < -0.4 is 16.4 Å². The number of H-pyrrole nitrogens is 1. The van der Waals surface area contributed by atoms with E-state index in [2.05, 4.69) is 20.6 Å². The summed E-state index contributed by atoms with van der Waals surface area (Å²) in [6.45, 7) is 0. The molecule has 148 valence electrons. The predicted octanol–water partition coefficient (Wildman–Crippen LogP) is 4.40. The number of carbonyl (C=O) groups excluding carboxylic acids is 1. The van der Waals surface area contributed by atoms with Crippen molar-refractivity contribution in [3.05, 3.63) is 58.6 Å². The van der Waals surface area contributed by atoms with Gasteiger partial charge in [-0.15, -0.1) is 0 Å². The first-order valence-electron chi connectivity index (χ1n) is 9.46. The molecule has 0 unspecified atom stereocenters. The summed E-state index contributed by atoms with van der Waals surface area (Å²) in [5, 5.41) is 6.31. The van der Waals surface area contributed by atoms with Crippen LogP contribution in [-0.2, 0) is 6.42 Å². The number of aromatic nitrogens is 2. The minimum absolute atomic E-state index is 0.0330. The minimum Gasteiger partial charge on any atom is -0.384 e. The summed E-state index contributed by atoms with van der Waals surface area (Å²) < 4.78 is 14.0. The molecule has 1 amide bonds. The molecule has 1 fully saturated rings. The van der Waals surface area contributed by atoms with Crippen LogP contribution in [0, 0.1) is 5.82 Å². The Morgan fingerprint density at radius 2 is 2.10 bits per heavy atom. The van der Waals surface area contributed by atoms with E-state index in [1.165, 1.54) is 6.07 Å². The molecule has 5 N–H and O–H groups in total. The zero-order valence-corrected chi connectivity index (χ0v) is 16.2. The Kier molecular flexibility index (Phi) is 4.03. The Morgan fingerprint density at radius 3 is 2.83 bits per heavy atom. The molecule has 1 aliphatic heterocycles. The van der Waals surface area contributed by atoms with Crippen LogP contribution in [-0.4, -0.2) is 21.4 Å². The van der Waals surface area contributed by atoms with Crippen molar-refractivity contribution in [3.8, 4) is 11.3 Å². The molecule has 29 heavy (non-hydrogen) atoms. The highest BCUT2D eigenvalue weighted by molar-refractivity contribution is 6.33. The van der Waals surface area contributed by atoms with Crippen LogP contribution in [0.25, 0.3) is 11.3 Å². The van der Waals surface area contributed by atoms with Crippen LogP contribution in [0.5, 0.6) is 0 Å². The van der Waals surface area contributed by atoms with Gasteiger partial charge in [0.25, 0.3) is 5.91 Å². The Balaban J connectivity index is 1.67. The number of hydrogen-bond donors (Lipinski definition) is 4. The second-order valence-corrected chi connectivity index (χ2v) is 8.07. The van der Waals surface area contributed by atoms with Crippen molar-refractivity contribution in [2.24, 2.45) is 0 Å². The molecular weight excluding hydrogens is 393 g/mol. The van der Waals surface area contributed by atoms with E-state index in [0.717, 1.165) is 36.9 Å². The fourth-order valence-electron chi connectivity index (χ4n) is 4.21. The van der Waals surface area contributed by atoms with Crippen LogP contribution in [0.1, 0.15) is 35.3 Å². The fraction of sp³-hybridized carbons (Fsp3) is 0.238. The lowest BCUT2D eigenvalue weighted by Gasteiger charge is -2.45. The summed E-state index contributed by atoms with van der Waals surface area (Å²) >= 11 is 6.15. The van der Waals surface area contributed by atoms with Gasteiger partial charge in [0.1, 0.15) is 11.6 Å². The summed E-state index contributed by atoms with van der Waals surface area (Å²) in [7, 11) is 0. The number of fused-ring (bicyclic) bond motifs is 1. The van der Waals surface area contributed by atoms with Crippen molar-refractivity contribution in [2.75, 3.05) is 11.1 Å². The van der Waals surface area contributed by atoms with Crippen LogP contribution in [0.15, 0.2) is 36.5 Å². The van der Waals surface area contributed by atoms with Gasteiger partial charge < -0.3 is 21.4 Å². The van der Waals surface area contributed by atoms with Gasteiger partial charge in [-0.05, 0) is 43.5 Å². The van der Waals surface area contributed by atoms with E-state index in [1.54, 1.807) is 24.4 Å². The predicted molar refractivity (Wildman–Crippen MR) is 111 cm³/mol. The summed E-state index contributed by atoms with van der Waals surface area (Å²) in [4.78, 5) is 20.5. The molecular formula is C21H19ClFN5O. The lowest BCUT2D eigenvalue weighted by Crippen LogP contribution is -2.57. The highest BCUT2D eigenvalue weighted by Gasteiger charge is 2.44. The van der Waals surface area contributed by atoms with Crippen molar-refractivity contribution in [2.45, 2.75) is 31.2 Å². The zero-order valence-electron chi connectivity index (χ0n) is 15.5. The number of rotatable bonds is 3. The smallest absolute Gasteiger partial charge is 0.255 e. The number of nitrogens with one attached hydrogen (secondary N) is 3. The van der Waals surface area contributed by atoms with Crippen molar-refractivity contribution in [1.82, 2.24) is 15.3 Å². The molecule has 0 radical (unpaired) electrons. The van der Waals surface area contributed by atoms with Crippen molar-refractivity contribution < 1.29 is 9.18 Å². The van der Waals surface area contributed by atoms with Gasteiger partial charge in [0.05, 0.1) is 27.7 Å². The van der Waals surface area contributed by atoms with Gasteiger partial charge in [0.2, 0.25) is 0 Å². The second-order valence-electron chi connectivity index (χ2n) is 7.69. The highest BCUT2D eigenvalue weighted by Crippen LogP contribution is 2.44. The second kappa shape index (κ2) is 6.49. The third kappa shape index (κ3) is 2.93. The molecule has 5 rings (SSSR count). The number of nitrogen functional groups attached to an aromatic ring is 1. The lowest BCUT2D eigenvalue weighted by atomic mass is 9.71. The minimum atomic E-state index is -0.534. The monoisotopic (exact) mass is 411 g/mol. The number of anilines is 3. The Morgan fingerprint density at radius 1 is 1.28 bits per heavy atom. The molecule has 1 aromatic carbocycles. The molecule has 1 aliphatic carbocycles. The highest BCUT2D eigenvalue weighted by atomic mass is 35.5.